The number of hydrogen-bond donors (Lipinski definition) is 1. The van der Waals surface area contributed by atoms with Gasteiger partial charge in [0.25, 0.3) is 11.6 Å². The lowest BCUT2D eigenvalue weighted by atomic mass is 10.2. The number of carbonyl (C=O) groups excluding carboxylic acids is 2. The van der Waals surface area contributed by atoms with Gasteiger partial charge in [0, 0.05) is 6.07 Å². The fourth-order valence-corrected chi connectivity index (χ4v) is 1.26. The summed E-state index contributed by atoms with van der Waals surface area (Å²) >= 11 is 0. The van der Waals surface area contributed by atoms with Gasteiger partial charge in [-0.1, -0.05) is 12.1 Å². The lowest BCUT2D eigenvalue weighted by molar-refractivity contribution is -0.385. The van der Waals surface area contributed by atoms with Crippen LogP contribution in [0.3, 0.4) is 0 Å². The number of amides is 1. The van der Waals surface area contributed by atoms with Crippen LogP contribution in [0.25, 0.3) is 0 Å². The molecule has 0 aliphatic heterocycles. The summed E-state index contributed by atoms with van der Waals surface area (Å²) in [6, 6.07) is 4.83. The number of rotatable bonds is 5. The van der Waals surface area contributed by atoms with E-state index in [9.17, 15) is 32.9 Å². The van der Waals surface area contributed by atoms with Crippen molar-refractivity contribution in [2.45, 2.75) is 6.18 Å². The third-order valence-corrected chi connectivity index (χ3v) is 2.14. The molecule has 1 rings (SSSR count). The Hall–Kier alpha value is -2.65. The van der Waals surface area contributed by atoms with Crippen LogP contribution in [0.2, 0.25) is 0 Å². The smallest absolute Gasteiger partial charge is 0.405 e. The van der Waals surface area contributed by atoms with Crippen LogP contribution in [0.5, 0.6) is 0 Å². The molecule has 114 valence electrons. The van der Waals surface area contributed by atoms with Crippen molar-refractivity contribution in [3.63, 3.8) is 0 Å². The van der Waals surface area contributed by atoms with E-state index < -0.39 is 47.4 Å². The first-order chi connectivity index (χ1) is 9.70. The SMILES string of the molecule is O=C(COC(=O)c1ccccc1[N+](=O)[O-])NCC(F)(F)F. The Morgan fingerprint density at radius 3 is 2.48 bits per heavy atom. The number of para-hydroxylation sites is 1. The van der Waals surface area contributed by atoms with E-state index in [0.29, 0.717) is 0 Å². The topological polar surface area (TPSA) is 98.5 Å². The van der Waals surface area contributed by atoms with Gasteiger partial charge in [0.15, 0.2) is 6.61 Å². The van der Waals surface area contributed by atoms with E-state index in [0.717, 1.165) is 12.1 Å². The summed E-state index contributed by atoms with van der Waals surface area (Å²) in [6.45, 7) is -2.53. The molecule has 10 heteroatoms. The molecule has 0 spiro atoms. The highest BCUT2D eigenvalue weighted by atomic mass is 19.4. The van der Waals surface area contributed by atoms with Crippen molar-refractivity contribution in [3.8, 4) is 0 Å². The fraction of sp³-hybridized carbons (Fsp3) is 0.273. The number of halogens is 3. The van der Waals surface area contributed by atoms with Crippen molar-refractivity contribution in [1.29, 1.82) is 0 Å². The molecule has 21 heavy (non-hydrogen) atoms. The van der Waals surface area contributed by atoms with Crippen molar-refractivity contribution in [2.24, 2.45) is 0 Å². The molecule has 0 heterocycles. The normalized spacial score (nSPS) is 10.8. The van der Waals surface area contributed by atoms with Crippen LogP contribution in [-0.2, 0) is 9.53 Å². The molecule has 0 bridgehead atoms. The largest absolute Gasteiger partial charge is 0.452 e. The molecule has 0 aromatic heterocycles. The van der Waals surface area contributed by atoms with Gasteiger partial charge >= 0.3 is 12.1 Å². The van der Waals surface area contributed by atoms with Crippen LogP contribution >= 0.6 is 0 Å². The first-order valence-corrected chi connectivity index (χ1v) is 5.44. The zero-order valence-corrected chi connectivity index (χ0v) is 10.3. The average Bonchev–Trinajstić information content (AvgIpc) is 2.41. The number of nitrogens with zero attached hydrogens (tertiary/aromatic N) is 1. The van der Waals surface area contributed by atoms with Crippen LogP contribution < -0.4 is 5.32 Å². The maximum absolute atomic E-state index is 11.8. The fourth-order valence-electron chi connectivity index (χ4n) is 1.26. The number of carbonyl (C=O) groups is 2. The zero-order valence-electron chi connectivity index (χ0n) is 10.3. The van der Waals surface area contributed by atoms with Gasteiger partial charge in [0.2, 0.25) is 0 Å². The molecule has 0 aliphatic carbocycles. The quantitative estimate of drug-likeness (QED) is 0.504. The maximum atomic E-state index is 11.8. The average molecular weight is 306 g/mol. The second-order valence-corrected chi connectivity index (χ2v) is 3.74. The second kappa shape index (κ2) is 6.68. The van der Waals surface area contributed by atoms with E-state index in [1.165, 1.54) is 17.4 Å². The van der Waals surface area contributed by atoms with Gasteiger partial charge in [-0.25, -0.2) is 4.79 Å². The van der Waals surface area contributed by atoms with Gasteiger partial charge in [0.1, 0.15) is 12.1 Å². The number of nitro groups is 1. The Labute approximate surface area is 115 Å². The highest BCUT2D eigenvalue weighted by molar-refractivity contribution is 5.95. The first-order valence-electron chi connectivity index (χ1n) is 5.44. The summed E-state index contributed by atoms with van der Waals surface area (Å²) in [7, 11) is 0. The van der Waals surface area contributed by atoms with E-state index in [1.54, 1.807) is 0 Å². The molecule has 0 atom stereocenters. The number of benzene rings is 1. The predicted octanol–water partition coefficient (Wildman–Crippen LogP) is 1.43. The van der Waals surface area contributed by atoms with E-state index in [1.807, 2.05) is 0 Å². The summed E-state index contributed by atoms with van der Waals surface area (Å²) in [4.78, 5) is 32.4. The van der Waals surface area contributed by atoms with Gasteiger partial charge in [-0.2, -0.15) is 13.2 Å². The summed E-state index contributed by atoms with van der Waals surface area (Å²) in [6.07, 6.45) is -4.59. The monoisotopic (exact) mass is 306 g/mol. The Morgan fingerprint density at radius 1 is 1.29 bits per heavy atom. The number of esters is 1. The van der Waals surface area contributed by atoms with E-state index in [4.69, 9.17) is 0 Å². The van der Waals surface area contributed by atoms with Crippen LogP contribution in [0.4, 0.5) is 18.9 Å². The minimum absolute atomic E-state index is 0.397. The number of hydrogen-bond acceptors (Lipinski definition) is 5. The third-order valence-electron chi connectivity index (χ3n) is 2.14. The molecular weight excluding hydrogens is 297 g/mol. The molecular formula is C11H9F3N2O5. The molecule has 1 aromatic carbocycles. The molecule has 0 saturated heterocycles. The summed E-state index contributed by atoms with van der Waals surface area (Å²) < 4.78 is 39.9. The highest BCUT2D eigenvalue weighted by Gasteiger charge is 2.28. The van der Waals surface area contributed by atoms with Crippen molar-refractivity contribution < 1.29 is 32.4 Å². The first kappa shape index (κ1) is 16.4. The lowest BCUT2D eigenvalue weighted by Gasteiger charge is -2.08. The van der Waals surface area contributed by atoms with Crippen molar-refractivity contribution in [1.82, 2.24) is 5.32 Å². The molecule has 0 aliphatic rings. The van der Waals surface area contributed by atoms with Gasteiger partial charge in [-0.15, -0.1) is 0 Å². The van der Waals surface area contributed by atoms with E-state index in [2.05, 4.69) is 4.74 Å². The van der Waals surface area contributed by atoms with Gasteiger partial charge in [-0.05, 0) is 6.07 Å². The second-order valence-electron chi connectivity index (χ2n) is 3.74. The predicted molar refractivity (Wildman–Crippen MR) is 62.4 cm³/mol. The molecule has 1 aromatic rings. The highest BCUT2D eigenvalue weighted by Crippen LogP contribution is 2.18. The minimum Gasteiger partial charge on any atom is -0.452 e. The van der Waals surface area contributed by atoms with Gasteiger partial charge in [0.05, 0.1) is 4.92 Å². The number of ether oxygens (including phenoxy) is 1. The molecule has 0 fully saturated rings. The lowest BCUT2D eigenvalue weighted by Crippen LogP contribution is -2.36. The maximum Gasteiger partial charge on any atom is 0.405 e. The standard InChI is InChI=1S/C11H9F3N2O5/c12-11(13,14)6-15-9(17)5-21-10(18)7-3-1-2-4-8(7)16(19)20/h1-4H,5-6H2,(H,15,17). The number of nitro benzene ring substituents is 1. The number of alkyl halides is 3. The van der Waals surface area contributed by atoms with Gasteiger partial charge in [-0.3, -0.25) is 14.9 Å². The Morgan fingerprint density at radius 2 is 1.90 bits per heavy atom. The molecule has 1 amide bonds. The van der Waals surface area contributed by atoms with Gasteiger partial charge < -0.3 is 10.1 Å². The van der Waals surface area contributed by atoms with Crippen LogP contribution in [0.15, 0.2) is 24.3 Å². The van der Waals surface area contributed by atoms with E-state index >= 15 is 0 Å². The molecule has 1 N–H and O–H groups in total. The molecule has 0 saturated carbocycles. The zero-order chi connectivity index (χ0) is 16.0. The van der Waals surface area contributed by atoms with Crippen molar-refractivity contribution in [2.75, 3.05) is 13.2 Å². The Kier molecular flexibility index (Phi) is 5.22. The van der Waals surface area contributed by atoms with Crippen LogP contribution in [0, 0.1) is 10.1 Å². The van der Waals surface area contributed by atoms with Crippen molar-refractivity contribution in [3.05, 3.63) is 39.9 Å². The van der Waals surface area contributed by atoms with Crippen molar-refractivity contribution >= 4 is 17.6 Å². The minimum atomic E-state index is -4.59. The number of nitrogens with one attached hydrogen (secondary N) is 1. The summed E-state index contributed by atoms with van der Waals surface area (Å²) in [5.41, 5.74) is -0.927. The summed E-state index contributed by atoms with van der Waals surface area (Å²) in [5.74, 6) is -2.34. The molecule has 0 unspecified atom stereocenters. The molecule has 7 nitrogen and oxygen atoms in total. The Balaban J connectivity index is 2.59. The summed E-state index contributed by atoms with van der Waals surface area (Å²) in [5, 5.41) is 12.2. The van der Waals surface area contributed by atoms with E-state index in [-0.39, 0.29) is 0 Å². The van der Waals surface area contributed by atoms with Crippen LogP contribution in [-0.4, -0.2) is 36.1 Å². The third kappa shape index (κ3) is 5.47. The Bertz CT molecular complexity index is 559. The van der Waals surface area contributed by atoms with Crippen LogP contribution in [0.1, 0.15) is 10.4 Å². The molecule has 0 radical (unpaired) electrons.